The first kappa shape index (κ1) is 30.4. The second-order valence-corrected chi connectivity index (χ2v) is 14.0. The van der Waals surface area contributed by atoms with Crippen LogP contribution in [-0.4, -0.2) is 15.0 Å². The molecule has 0 fully saturated rings. The molecular formula is C51H31N3. The number of nitrogens with zero attached hydrogens (tertiary/aromatic N) is 3. The van der Waals surface area contributed by atoms with Crippen molar-refractivity contribution in [1.82, 2.24) is 15.0 Å². The van der Waals surface area contributed by atoms with Gasteiger partial charge in [0, 0.05) is 34.3 Å². The molecule has 3 nitrogen and oxygen atoms in total. The van der Waals surface area contributed by atoms with Crippen LogP contribution in [0, 0.1) is 0 Å². The van der Waals surface area contributed by atoms with E-state index in [0.717, 1.165) is 55.4 Å². The van der Waals surface area contributed by atoms with Crippen molar-refractivity contribution in [2.45, 2.75) is 0 Å². The van der Waals surface area contributed by atoms with E-state index in [2.05, 4.69) is 169 Å². The fourth-order valence-corrected chi connectivity index (χ4v) is 8.26. The number of benzene rings is 8. The number of aromatic nitrogens is 3. The lowest BCUT2D eigenvalue weighted by molar-refractivity contribution is 1.33. The Hall–Kier alpha value is -7.23. The van der Waals surface area contributed by atoms with Gasteiger partial charge in [-0.2, -0.15) is 0 Å². The first-order valence-corrected chi connectivity index (χ1v) is 18.3. The minimum absolute atomic E-state index is 0.902. The van der Waals surface area contributed by atoms with E-state index in [1.54, 1.807) is 0 Å². The molecule has 0 spiro atoms. The van der Waals surface area contributed by atoms with Gasteiger partial charge in [-0.05, 0) is 102 Å². The predicted octanol–water partition coefficient (Wildman–Crippen LogP) is 13.4. The third kappa shape index (κ3) is 4.94. The molecule has 0 saturated heterocycles. The highest BCUT2D eigenvalue weighted by Gasteiger charge is 2.16. The number of fused-ring (bicyclic) bond motifs is 3. The molecule has 0 unspecified atom stereocenters. The molecule has 8 aromatic carbocycles. The monoisotopic (exact) mass is 685 g/mol. The van der Waals surface area contributed by atoms with Crippen LogP contribution >= 0.6 is 0 Å². The van der Waals surface area contributed by atoms with Crippen LogP contribution < -0.4 is 0 Å². The Morgan fingerprint density at radius 1 is 0.296 bits per heavy atom. The van der Waals surface area contributed by atoms with Crippen molar-refractivity contribution in [3.8, 4) is 55.9 Å². The minimum Gasteiger partial charge on any atom is -0.265 e. The van der Waals surface area contributed by atoms with Crippen LogP contribution in [0.1, 0.15) is 0 Å². The molecule has 3 aromatic heterocycles. The Kier molecular flexibility index (Phi) is 6.86. The fraction of sp³-hybridized carbons (Fsp3) is 0. The number of hydrogen-bond donors (Lipinski definition) is 0. The SMILES string of the molecule is c1ccc(-c2ccc3ccc4c(-c5cccc(-c6ccc7ccc8ccc(-c9cccc(-c%10ccncc%10)c9)nc8c7n6)c5)ccc5ccc2c3c54)cc1. The molecule has 3 heteroatoms. The highest BCUT2D eigenvalue weighted by Crippen LogP contribution is 2.43. The third-order valence-corrected chi connectivity index (χ3v) is 10.9. The van der Waals surface area contributed by atoms with Gasteiger partial charge in [-0.1, -0.05) is 140 Å². The molecule has 0 atom stereocenters. The molecule has 0 N–H and O–H groups in total. The largest absolute Gasteiger partial charge is 0.265 e. The van der Waals surface area contributed by atoms with Crippen LogP contribution in [0.5, 0.6) is 0 Å². The summed E-state index contributed by atoms with van der Waals surface area (Å²) in [5.74, 6) is 0. The van der Waals surface area contributed by atoms with Crippen molar-refractivity contribution in [2.24, 2.45) is 0 Å². The molecule has 11 aromatic rings. The van der Waals surface area contributed by atoms with E-state index in [9.17, 15) is 0 Å². The summed E-state index contributed by atoms with van der Waals surface area (Å²) in [7, 11) is 0. The number of rotatable bonds is 5. The summed E-state index contributed by atoms with van der Waals surface area (Å²) in [5.41, 5.74) is 12.9. The second kappa shape index (κ2) is 12.2. The predicted molar refractivity (Wildman–Crippen MR) is 226 cm³/mol. The van der Waals surface area contributed by atoms with Gasteiger partial charge in [0.05, 0.1) is 22.4 Å². The van der Waals surface area contributed by atoms with E-state index in [-0.39, 0.29) is 0 Å². The number of hydrogen-bond acceptors (Lipinski definition) is 3. The van der Waals surface area contributed by atoms with Gasteiger partial charge in [-0.25, -0.2) is 9.97 Å². The zero-order chi connectivity index (χ0) is 35.6. The van der Waals surface area contributed by atoms with Crippen LogP contribution in [-0.2, 0) is 0 Å². The molecule has 0 aliphatic carbocycles. The Bertz CT molecular complexity index is 3210. The summed E-state index contributed by atoms with van der Waals surface area (Å²) < 4.78 is 0. The van der Waals surface area contributed by atoms with Gasteiger partial charge in [-0.3, -0.25) is 4.98 Å². The molecule has 0 radical (unpaired) electrons. The van der Waals surface area contributed by atoms with Crippen LogP contribution in [0.3, 0.4) is 0 Å². The van der Waals surface area contributed by atoms with Crippen LogP contribution in [0.25, 0.3) is 110 Å². The molecule has 250 valence electrons. The van der Waals surface area contributed by atoms with Crippen molar-refractivity contribution in [1.29, 1.82) is 0 Å². The summed E-state index contributed by atoms with van der Waals surface area (Å²) in [6.07, 6.45) is 3.66. The first-order chi connectivity index (χ1) is 26.7. The van der Waals surface area contributed by atoms with E-state index in [0.29, 0.717) is 0 Å². The average molecular weight is 686 g/mol. The van der Waals surface area contributed by atoms with Gasteiger partial charge in [0.1, 0.15) is 0 Å². The summed E-state index contributed by atoms with van der Waals surface area (Å²) >= 11 is 0. The maximum Gasteiger partial charge on any atom is 0.0972 e. The van der Waals surface area contributed by atoms with Gasteiger partial charge in [0.25, 0.3) is 0 Å². The molecule has 0 aliphatic rings. The van der Waals surface area contributed by atoms with Crippen molar-refractivity contribution in [2.75, 3.05) is 0 Å². The summed E-state index contributed by atoms with van der Waals surface area (Å²) in [6, 6.07) is 63.2. The van der Waals surface area contributed by atoms with Gasteiger partial charge < -0.3 is 0 Å². The van der Waals surface area contributed by atoms with Crippen molar-refractivity contribution < 1.29 is 0 Å². The molecule has 3 heterocycles. The Balaban J connectivity index is 1.02. The quantitative estimate of drug-likeness (QED) is 0.169. The summed E-state index contributed by atoms with van der Waals surface area (Å²) in [6.45, 7) is 0. The van der Waals surface area contributed by atoms with E-state index in [1.165, 1.54) is 54.6 Å². The lowest BCUT2D eigenvalue weighted by atomic mass is 9.87. The lowest BCUT2D eigenvalue weighted by Gasteiger charge is -2.17. The van der Waals surface area contributed by atoms with Gasteiger partial charge >= 0.3 is 0 Å². The maximum absolute atomic E-state index is 5.31. The topological polar surface area (TPSA) is 38.7 Å². The Morgan fingerprint density at radius 2 is 0.759 bits per heavy atom. The normalized spacial score (nSPS) is 11.7. The van der Waals surface area contributed by atoms with Crippen LogP contribution in [0.2, 0.25) is 0 Å². The molecule has 0 aliphatic heterocycles. The maximum atomic E-state index is 5.31. The zero-order valence-corrected chi connectivity index (χ0v) is 29.2. The Morgan fingerprint density at radius 3 is 1.37 bits per heavy atom. The highest BCUT2D eigenvalue weighted by molar-refractivity contribution is 6.27. The fourth-order valence-electron chi connectivity index (χ4n) is 8.26. The summed E-state index contributed by atoms with van der Waals surface area (Å²) in [5, 5.41) is 9.84. The lowest BCUT2D eigenvalue weighted by Crippen LogP contribution is -1.92. The van der Waals surface area contributed by atoms with Crippen LogP contribution in [0.15, 0.2) is 188 Å². The molecular weight excluding hydrogens is 655 g/mol. The molecule has 0 bridgehead atoms. The number of pyridine rings is 3. The second-order valence-electron chi connectivity index (χ2n) is 14.0. The Labute approximate surface area is 312 Å². The summed E-state index contributed by atoms with van der Waals surface area (Å²) in [4.78, 5) is 14.7. The molecule has 0 saturated carbocycles. The van der Waals surface area contributed by atoms with Gasteiger partial charge in [0.15, 0.2) is 0 Å². The van der Waals surface area contributed by atoms with Crippen molar-refractivity contribution in [3.63, 3.8) is 0 Å². The van der Waals surface area contributed by atoms with E-state index >= 15 is 0 Å². The standard InChI is InChI=1S/C51H31N3/c1-2-6-33(7-3-1)42-20-14-34-17-23-45-43(21-15-35-16-22-44(42)48(34)49(35)45)39-9-5-11-41(31-39)47-25-19-37-13-12-36-18-24-46(53-50(36)51(37)54-47)40-10-4-8-38(30-40)32-26-28-52-29-27-32/h1-31H. The van der Waals surface area contributed by atoms with E-state index in [4.69, 9.17) is 9.97 Å². The first-order valence-electron chi connectivity index (χ1n) is 18.3. The van der Waals surface area contributed by atoms with Gasteiger partial charge in [-0.15, -0.1) is 0 Å². The van der Waals surface area contributed by atoms with Crippen molar-refractivity contribution >= 4 is 54.1 Å². The van der Waals surface area contributed by atoms with Gasteiger partial charge in [0.2, 0.25) is 0 Å². The molecule has 11 rings (SSSR count). The smallest absolute Gasteiger partial charge is 0.0972 e. The third-order valence-electron chi connectivity index (χ3n) is 10.9. The zero-order valence-electron chi connectivity index (χ0n) is 29.2. The highest BCUT2D eigenvalue weighted by atomic mass is 14.8. The minimum atomic E-state index is 0.902. The van der Waals surface area contributed by atoms with Crippen molar-refractivity contribution in [3.05, 3.63) is 188 Å². The van der Waals surface area contributed by atoms with E-state index in [1.807, 2.05) is 24.5 Å². The van der Waals surface area contributed by atoms with E-state index < -0.39 is 0 Å². The average Bonchev–Trinajstić information content (AvgIpc) is 3.25. The molecule has 0 amide bonds. The molecule has 54 heavy (non-hydrogen) atoms. The van der Waals surface area contributed by atoms with Crippen LogP contribution in [0.4, 0.5) is 0 Å².